The van der Waals surface area contributed by atoms with Crippen LogP contribution in [-0.4, -0.2) is 23.9 Å². The molecule has 1 N–H and O–H groups in total. The van der Waals surface area contributed by atoms with Gasteiger partial charge in [-0.05, 0) is 55.0 Å². The number of carbonyl (C=O) groups is 1. The summed E-state index contributed by atoms with van der Waals surface area (Å²) in [6, 6.07) is 12.8. The Hall–Kier alpha value is -2.10. The highest BCUT2D eigenvalue weighted by molar-refractivity contribution is 7.92. The SMILES string of the molecule is Cc1nc2ccc(C(=O)NS(=O)(=O)c3ccc(Cl)s3)cc2n1Cc1ccc(Cl)cc1Cl. The number of carbonyl (C=O) groups excluding carboxylic acids is 1. The molecule has 0 unspecified atom stereocenters. The van der Waals surface area contributed by atoms with Crippen molar-refractivity contribution in [2.75, 3.05) is 0 Å². The summed E-state index contributed by atoms with van der Waals surface area (Å²) in [5.74, 6) is -0.0271. The predicted molar refractivity (Wildman–Crippen MR) is 124 cm³/mol. The molecule has 0 bridgehead atoms. The molecule has 6 nitrogen and oxygen atoms in total. The van der Waals surface area contributed by atoms with Crippen LogP contribution in [0.2, 0.25) is 14.4 Å². The Bertz CT molecular complexity index is 1430. The molecule has 4 aromatic rings. The summed E-state index contributed by atoms with van der Waals surface area (Å²) in [7, 11) is -4.02. The average molecular weight is 515 g/mol. The first-order valence-electron chi connectivity index (χ1n) is 8.87. The van der Waals surface area contributed by atoms with Crippen LogP contribution in [0.25, 0.3) is 11.0 Å². The van der Waals surface area contributed by atoms with E-state index >= 15 is 0 Å². The van der Waals surface area contributed by atoms with E-state index in [0.717, 1.165) is 22.7 Å². The standard InChI is InChI=1S/C20H14Cl3N3O3S2/c1-11-24-16-5-3-12(20(27)25-31(28,29)19-7-6-18(23)30-19)8-17(16)26(11)10-13-2-4-14(21)9-15(13)22/h2-9H,10H2,1H3,(H,25,27). The number of fused-ring (bicyclic) bond motifs is 1. The highest BCUT2D eigenvalue weighted by Crippen LogP contribution is 2.27. The second kappa shape index (κ2) is 8.44. The third-order valence-electron chi connectivity index (χ3n) is 4.59. The molecular weight excluding hydrogens is 501 g/mol. The summed E-state index contributed by atoms with van der Waals surface area (Å²) in [5, 5.41) is 1.05. The van der Waals surface area contributed by atoms with E-state index in [-0.39, 0.29) is 9.77 Å². The number of nitrogens with one attached hydrogen (secondary N) is 1. The van der Waals surface area contributed by atoms with Gasteiger partial charge in [0.15, 0.2) is 0 Å². The molecule has 1 amide bonds. The van der Waals surface area contributed by atoms with Crippen molar-refractivity contribution in [2.45, 2.75) is 17.7 Å². The molecule has 4 rings (SSSR count). The number of amides is 1. The van der Waals surface area contributed by atoms with E-state index in [1.54, 1.807) is 24.3 Å². The molecule has 0 saturated heterocycles. The molecular formula is C20H14Cl3N3O3S2. The van der Waals surface area contributed by atoms with E-state index in [4.69, 9.17) is 34.8 Å². The number of thiophene rings is 1. The fourth-order valence-electron chi connectivity index (χ4n) is 3.08. The number of hydrogen-bond donors (Lipinski definition) is 1. The van der Waals surface area contributed by atoms with Crippen molar-refractivity contribution >= 4 is 73.1 Å². The Morgan fingerprint density at radius 2 is 1.87 bits per heavy atom. The summed E-state index contributed by atoms with van der Waals surface area (Å²) in [6.45, 7) is 2.25. The zero-order chi connectivity index (χ0) is 22.3. The van der Waals surface area contributed by atoms with Gasteiger partial charge >= 0.3 is 0 Å². The van der Waals surface area contributed by atoms with Crippen molar-refractivity contribution in [1.29, 1.82) is 0 Å². The molecule has 0 aliphatic carbocycles. The van der Waals surface area contributed by atoms with Crippen LogP contribution in [0.4, 0.5) is 0 Å². The van der Waals surface area contributed by atoms with Crippen LogP contribution in [0.5, 0.6) is 0 Å². The lowest BCUT2D eigenvalue weighted by molar-refractivity contribution is 0.0981. The molecule has 0 aliphatic heterocycles. The van der Waals surface area contributed by atoms with Gasteiger partial charge < -0.3 is 4.57 Å². The van der Waals surface area contributed by atoms with Gasteiger partial charge in [-0.15, -0.1) is 11.3 Å². The van der Waals surface area contributed by atoms with E-state index in [2.05, 4.69) is 9.71 Å². The first-order chi connectivity index (χ1) is 14.6. The van der Waals surface area contributed by atoms with Gasteiger partial charge in [0.25, 0.3) is 15.9 Å². The Labute approximate surface area is 197 Å². The first-order valence-corrected chi connectivity index (χ1v) is 12.3. The minimum atomic E-state index is -4.02. The highest BCUT2D eigenvalue weighted by atomic mass is 35.5. The largest absolute Gasteiger partial charge is 0.324 e. The number of hydrogen-bond acceptors (Lipinski definition) is 5. The number of nitrogens with zero attached hydrogens (tertiary/aromatic N) is 2. The van der Waals surface area contributed by atoms with Crippen LogP contribution in [0.15, 0.2) is 52.7 Å². The molecule has 0 fully saturated rings. The summed E-state index contributed by atoms with van der Waals surface area (Å²) in [4.78, 5) is 17.2. The van der Waals surface area contributed by atoms with Crippen LogP contribution in [0.1, 0.15) is 21.7 Å². The maximum Gasteiger partial charge on any atom is 0.273 e. The van der Waals surface area contributed by atoms with Crippen molar-refractivity contribution in [3.8, 4) is 0 Å². The molecule has 2 aromatic heterocycles. The number of benzene rings is 2. The summed E-state index contributed by atoms with van der Waals surface area (Å²) in [5.41, 5.74) is 2.36. The second-order valence-electron chi connectivity index (χ2n) is 6.68. The van der Waals surface area contributed by atoms with Gasteiger partial charge in [0.05, 0.1) is 21.9 Å². The minimum Gasteiger partial charge on any atom is -0.324 e. The zero-order valence-corrected chi connectivity index (χ0v) is 19.8. The van der Waals surface area contributed by atoms with Crippen LogP contribution in [-0.2, 0) is 16.6 Å². The number of aryl methyl sites for hydroxylation is 1. The number of halogens is 3. The van der Waals surface area contributed by atoms with Crippen molar-refractivity contribution in [2.24, 2.45) is 0 Å². The maximum absolute atomic E-state index is 12.7. The third kappa shape index (κ3) is 4.58. The molecule has 0 radical (unpaired) electrons. The number of rotatable bonds is 5. The van der Waals surface area contributed by atoms with Gasteiger partial charge in [-0.3, -0.25) is 4.79 Å². The van der Waals surface area contributed by atoms with E-state index in [1.165, 1.54) is 18.2 Å². The topological polar surface area (TPSA) is 81.1 Å². The molecule has 2 aromatic carbocycles. The lowest BCUT2D eigenvalue weighted by atomic mass is 10.2. The molecule has 0 spiro atoms. The monoisotopic (exact) mass is 513 g/mol. The van der Waals surface area contributed by atoms with Crippen LogP contribution < -0.4 is 4.72 Å². The van der Waals surface area contributed by atoms with Crippen LogP contribution in [0, 0.1) is 6.92 Å². The second-order valence-corrected chi connectivity index (χ2v) is 11.1. The predicted octanol–water partition coefficient (Wildman–Crippen LogP) is 5.53. The fraction of sp³-hybridized carbons (Fsp3) is 0.100. The molecule has 2 heterocycles. The normalized spacial score (nSPS) is 11.7. The molecule has 0 atom stereocenters. The van der Waals surface area contributed by atoms with Gasteiger partial charge in [-0.1, -0.05) is 40.9 Å². The number of aromatic nitrogens is 2. The van der Waals surface area contributed by atoms with Crippen molar-refractivity contribution in [1.82, 2.24) is 14.3 Å². The minimum absolute atomic E-state index is 0.0369. The average Bonchev–Trinajstić information content (AvgIpc) is 3.27. The van der Waals surface area contributed by atoms with Gasteiger partial charge in [-0.2, -0.15) is 0 Å². The molecule has 11 heteroatoms. The maximum atomic E-state index is 12.7. The van der Waals surface area contributed by atoms with Crippen LogP contribution >= 0.6 is 46.1 Å². The Kier molecular flexibility index (Phi) is 6.02. The van der Waals surface area contributed by atoms with E-state index in [1.807, 2.05) is 17.6 Å². The molecule has 0 saturated carbocycles. The van der Waals surface area contributed by atoms with Crippen molar-refractivity contribution < 1.29 is 13.2 Å². The lowest BCUT2D eigenvalue weighted by Crippen LogP contribution is -2.30. The zero-order valence-electron chi connectivity index (χ0n) is 15.9. The van der Waals surface area contributed by atoms with Crippen molar-refractivity contribution in [3.63, 3.8) is 0 Å². The molecule has 0 aliphatic rings. The van der Waals surface area contributed by atoms with E-state index in [0.29, 0.717) is 32.0 Å². The Balaban J connectivity index is 1.67. The van der Waals surface area contributed by atoms with E-state index in [9.17, 15) is 13.2 Å². The number of imidazole rings is 1. The van der Waals surface area contributed by atoms with Gasteiger partial charge in [-0.25, -0.2) is 18.1 Å². The number of sulfonamides is 1. The summed E-state index contributed by atoms with van der Waals surface area (Å²) in [6.07, 6.45) is 0. The third-order valence-corrected chi connectivity index (χ3v) is 8.23. The smallest absolute Gasteiger partial charge is 0.273 e. The molecule has 160 valence electrons. The fourth-order valence-corrected chi connectivity index (χ4v) is 6.00. The first kappa shape index (κ1) is 22.1. The van der Waals surface area contributed by atoms with Gasteiger partial charge in [0.1, 0.15) is 10.0 Å². The van der Waals surface area contributed by atoms with Gasteiger partial charge in [0.2, 0.25) is 0 Å². The quantitative estimate of drug-likeness (QED) is 0.379. The summed E-state index contributed by atoms with van der Waals surface area (Å²) >= 11 is 19.0. The molecule has 31 heavy (non-hydrogen) atoms. The van der Waals surface area contributed by atoms with E-state index < -0.39 is 15.9 Å². The Morgan fingerprint density at radius 1 is 1.10 bits per heavy atom. The van der Waals surface area contributed by atoms with Crippen molar-refractivity contribution in [3.05, 3.63) is 79.9 Å². The van der Waals surface area contributed by atoms with Gasteiger partial charge in [0, 0.05) is 15.6 Å². The Morgan fingerprint density at radius 3 is 2.55 bits per heavy atom. The lowest BCUT2D eigenvalue weighted by Gasteiger charge is -2.10. The van der Waals surface area contributed by atoms with Crippen LogP contribution in [0.3, 0.4) is 0 Å². The summed E-state index contributed by atoms with van der Waals surface area (Å²) < 4.78 is 29.1. The highest BCUT2D eigenvalue weighted by Gasteiger charge is 2.21.